The monoisotopic (exact) mass is 385 g/mol. The minimum absolute atomic E-state index is 0.177. The number of benzene rings is 1. The maximum Gasteiger partial charge on any atom is 0.279 e. The molecule has 2 saturated heterocycles. The summed E-state index contributed by atoms with van der Waals surface area (Å²) >= 11 is 0. The molecule has 0 spiro atoms. The van der Waals surface area contributed by atoms with Gasteiger partial charge in [-0.15, -0.1) is 0 Å². The lowest BCUT2D eigenvalue weighted by molar-refractivity contribution is -0.139. The lowest BCUT2D eigenvalue weighted by atomic mass is 10.1. The molecule has 2 fully saturated rings. The first kappa shape index (κ1) is 18.8. The molecular weight excluding hydrogens is 358 g/mol. The Morgan fingerprint density at radius 2 is 1.43 bits per heavy atom. The SMILES string of the molecule is COc1ccc(CN2C(=O)C(N3CCCCC3)=C(N3CCOCC3)C2=O)cc1. The van der Waals surface area contributed by atoms with Gasteiger partial charge in [0.15, 0.2) is 0 Å². The minimum Gasteiger partial charge on any atom is -0.497 e. The largest absolute Gasteiger partial charge is 0.497 e. The Morgan fingerprint density at radius 3 is 2.00 bits per heavy atom. The van der Waals surface area contributed by atoms with E-state index in [2.05, 4.69) is 4.90 Å². The number of imide groups is 1. The zero-order valence-corrected chi connectivity index (χ0v) is 16.4. The van der Waals surface area contributed by atoms with Crippen molar-refractivity contribution in [2.45, 2.75) is 25.8 Å². The highest BCUT2D eigenvalue weighted by Gasteiger charge is 2.43. The van der Waals surface area contributed by atoms with Gasteiger partial charge in [-0.3, -0.25) is 14.5 Å². The Labute approximate surface area is 165 Å². The Hall–Kier alpha value is -2.54. The van der Waals surface area contributed by atoms with Crippen molar-refractivity contribution in [1.29, 1.82) is 0 Å². The standard InChI is InChI=1S/C21H27N3O4/c1-27-17-7-5-16(6-8-17)15-24-20(25)18(22-9-3-2-4-10-22)19(21(24)26)23-11-13-28-14-12-23/h5-8H,2-4,9-15H2,1H3. The molecule has 7 nitrogen and oxygen atoms in total. The van der Waals surface area contributed by atoms with Crippen LogP contribution in [0.2, 0.25) is 0 Å². The second-order valence-electron chi connectivity index (χ2n) is 7.39. The number of nitrogens with zero attached hydrogens (tertiary/aromatic N) is 3. The van der Waals surface area contributed by atoms with Crippen LogP contribution in [0.1, 0.15) is 24.8 Å². The highest BCUT2D eigenvalue weighted by molar-refractivity contribution is 6.18. The van der Waals surface area contributed by atoms with Gasteiger partial charge >= 0.3 is 0 Å². The molecular formula is C21H27N3O4. The molecule has 0 aromatic heterocycles. The molecule has 0 saturated carbocycles. The third-order valence-corrected chi connectivity index (χ3v) is 5.62. The molecule has 28 heavy (non-hydrogen) atoms. The molecule has 0 bridgehead atoms. The fourth-order valence-corrected chi connectivity index (χ4v) is 4.08. The van der Waals surface area contributed by atoms with Gasteiger partial charge in [-0.25, -0.2) is 0 Å². The number of likely N-dealkylation sites (tertiary alicyclic amines) is 1. The molecule has 3 aliphatic heterocycles. The first-order valence-corrected chi connectivity index (χ1v) is 10.00. The van der Waals surface area contributed by atoms with Gasteiger partial charge in [0.05, 0.1) is 26.9 Å². The molecule has 0 radical (unpaired) electrons. The van der Waals surface area contributed by atoms with Crippen molar-refractivity contribution >= 4 is 11.8 Å². The van der Waals surface area contributed by atoms with E-state index >= 15 is 0 Å². The molecule has 2 amide bonds. The molecule has 7 heteroatoms. The fraction of sp³-hybridized carbons (Fsp3) is 0.524. The van der Waals surface area contributed by atoms with Crippen molar-refractivity contribution in [1.82, 2.24) is 14.7 Å². The van der Waals surface area contributed by atoms with Gasteiger partial charge in [0.1, 0.15) is 17.1 Å². The molecule has 3 aliphatic rings. The Kier molecular flexibility index (Phi) is 5.52. The lowest BCUT2D eigenvalue weighted by Gasteiger charge is -2.33. The second-order valence-corrected chi connectivity index (χ2v) is 7.39. The van der Waals surface area contributed by atoms with Crippen LogP contribution in [-0.4, -0.2) is 73.0 Å². The predicted molar refractivity (Wildman–Crippen MR) is 103 cm³/mol. The van der Waals surface area contributed by atoms with Crippen LogP contribution in [0.4, 0.5) is 0 Å². The van der Waals surface area contributed by atoms with Crippen LogP contribution in [0.15, 0.2) is 35.7 Å². The van der Waals surface area contributed by atoms with Crippen molar-refractivity contribution in [3.8, 4) is 5.75 Å². The Morgan fingerprint density at radius 1 is 0.857 bits per heavy atom. The van der Waals surface area contributed by atoms with E-state index in [-0.39, 0.29) is 18.4 Å². The van der Waals surface area contributed by atoms with E-state index in [4.69, 9.17) is 9.47 Å². The highest BCUT2D eigenvalue weighted by atomic mass is 16.5. The van der Waals surface area contributed by atoms with Gasteiger partial charge < -0.3 is 19.3 Å². The quantitative estimate of drug-likeness (QED) is 0.718. The van der Waals surface area contributed by atoms with Gasteiger partial charge in [-0.05, 0) is 37.0 Å². The van der Waals surface area contributed by atoms with Crippen LogP contribution in [0, 0.1) is 0 Å². The van der Waals surface area contributed by atoms with Crippen molar-refractivity contribution in [2.75, 3.05) is 46.5 Å². The number of hydrogen-bond acceptors (Lipinski definition) is 6. The summed E-state index contributed by atoms with van der Waals surface area (Å²) in [6.45, 7) is 4.38. The summed E-state index contributed by atoms with van der Waals surface area (Å²) in [5.41, 5.74) is 2.05. The van der Waals surface area contributed by atoms with Crippen LogP contribution in [0.3, 0.4) is 0 Å². The normalized spacial score (nSPS) is 21.0. The number of piperidine rings is 1. The smallest absolute Gasteiger partial charge is 0.279 e. The summed E-state index contributed by atoms with van der Waals surface area (Å²) in [5, 5.41) is 0. The summed E-state index contributed by atoms with van der Waals surface area (Å²) in [7, 11) is 1.62. The summed E-state index contributed by atoms with van der Waals surface area (Å²) in [6, 6.07) is 7.49. The average Bonchev–Trinajstić information content (AvgIpc) is 3.00. The number of morpholine rings is 1. The molecule has 0 unspecified atom stereocenters. The number of carbonyl (C=O) groups is 2. The van der Waals surface area contributed by atoms with Crippen LogP contribution < -0.4 is 4.74 Å². The van der Waals surface area contributed by atoms with Gasteiger partial charge in [0.2, 0.25) is 0 Å². The maximum absolute atomic E-state index is 13.3. The van der Waals surface area contributed by atoms with E-state index in [9.17, 15) is 9.59 Å². The average molecular weight is 385 g/mol. The van der Waals surface area contributed by atoms with E-state index < -0.39 is 0 Å². The Balaban J connectivity index is 1.61. The van der Waals surface area contributed by atoms with Crippen molar-refractivity contribution in [2.24, 2.45) is 0 Å². The molecule has 150 valence electrons. The van der Waals surface area contributed by atoms with Crippen molar-refractivity contribution in [3.05, 3.63) is 41.2 Å². The van der Waals surface area contributed by atoms with Gasteiger partial charge in [0, 0.05) is 26.2 Å². The summed E-state index contributed by atoms with van der Waals surface area (Å²) in [4.78, 5) is 32.2. The molecule has 4 rings (SSSR count). The number of ether oxygens (including phenoxy) is 2. The fourth-order valence-electron chi connectivity index (χ4n) is 4.08. The second kappa shape index (κ2) is 8.22. The topological polar surface area (TPSA) is 62.3 Å². The maximum atomic E-state index is 13.3. The molecule has 1 aromatic rings. The number of amides is 2. The van der Waals surface area contributed by atoms with Crippen LogP contribution >= 0.6 is 0 Å². The van der Waals surface area contributed by atoms with E-state index in [0.29, 0.717) is 37.7 Å². The third-order valence-electron chi connectivity index (χ3n) is 5.62. The zero-order chi connectivity index (χ0) is 19.5. The predicted octanol–water partition coefficient (Wildman–Crippen LogP) is 1.59. The molecule has 0 atom stereocenters. The lowest BCUT2D eigenvalue weighted by Crippen LogP contribution is -2.40. The molecule has 0 N–H and O–H groups in total. The molecule has 3 heterocycles. The van der Waals surface area contributed by atoms with Crippen LogP contribution in [0.25, 0.3) is 0 Å². The summed E-state index contributed by atoms with van der Waals surface area (Å²) < 4.78 is 10.6. The van der Waals surface area contributed by atoms with E-state index in [1.54, 1.807) is 7.11 Å². The zero-order valence-electron chi connectivity index (χ0n) is 16.4. The Bertz CT molecular complexity index is 722. The van der Waals surface area contributed by atoms with E-state index in [0.717, 1.165) is 37.2 Å². The van der Waals surface area contributed by atoms with E-state index in [1.807, 2.05) is 29.2 Å². The number of rotatable bonds is 5. The highest BCUT2D eigenvalue weighted by Crippen LogP contribution is 2.30. The van der Waals surface area contributed by atoms with Gasteiger partial charge in [-0.1, -0.05) is 12.1 Å². The first-order chi connectivity index (χ1) is 13.7. The van der Waals surface area contributed by atoms with Crippen LogP contribution in [0.5, 0.6) is 5.75 Å². The number of hydrogen-bond donors (Lipinski definition) is 0. The summed E-state index contributed by atoms with van der Waals surface area (Å²) in [5.74, 6) is 0.386. The number of carbonyl (C=O) groups excluding carboxylic acids is 2. The van der Waals surface area contributed by atoms with Crippen molar-refractivity contribution in [3.63, 3.8) is 0 Å². The summed E-state index contributed by atoms with van der Waals surface area (Å²) in [6.07, 6.45) is 3.29. The van der Waals surface area contributed by atoms with E-state index in [1.165, 1.54) is 11.3 Å². The first-order valence-electron chi connectivity index (χ1n) is 10.00. The van der Waals surface area contributed by atoms with Crippen LogP contribution in [-0.2, 0) is 20.9 Å². The van der Waals surface area contributed by atoms with Gasteiger partial charge in [0.25, 0.3) is 11.8 Å². The minimum atomic E-state index is -0.191. The van der Waals surface area contributed by atoms with Gasteiger partial charge in [-0.2, -0.15) is 0 Å². The third kappa shape index (κ3) is 3.58. The number of methoxy groups -OCH3 is 1. The van der Waals surface area contributed by atoms with Crippen molar-refractivity contribution < 1.29 is 19.1 Å². The molecule has 0 aliphatic carbocycles. The molecule has 1 aromatic carbocycles.